The Kier molecular flexibility index (Phi) is 7.08. The maximum atomic E-state index is 12.8. The number of carbonyl (C=O) groups excluding carboxylic acids is 1. The molecule has 2 saturated heterocycles. The molecule has 7 nitrogen and oxygen atoms in total. The van der Waals surface area contributed by atoms with Gasteiger partial charge in [-0.1, -0.05) is 26.7 Å². The molecule has 2 heterocycles. The van der Waals surface area contributed by atoms with Crippen molar-refractivity contribution in [2.45, 2.75) is 81.5 Å². The molecule has 8 atom stereocenters. The third-order valence-corrected chi connectivity index (χ3v) is 6.98. The molecule has 0 bridgehead atoms. The number of thioether (sulfide) groups is 1. The summed E-state index contributed by atoms with van der Waals surface area (Å²) in [7, 11) is 0. The van der Waals surface area contributed by atoms with Gasteiger partial charge in [-0.15, -0.1) is 11.8 Å². The van der Waals surface area contributed by atoms with Gasteiger partial charge in [0.2, 0.25) is 5.91 Å². The summed E-state index contributed by atoms with van der Waals surface area (Å²) in [6.45, 7) is 4.78. The second-order valence-corrected chi connectivity index (χ2v) is 9.63. The summed E-state index contributed by atoms with van der Waals surface area (Å²) in [4.78, 5) is 12.8. The second-order valence-electron chi connectivity index (χ2n) is 8.70. The molecule has 1 aliphatic carbocycles. The lowest BCUT2D eigenvalue weighted by Gasteiger charge is -2.44. The monoisotopic (exact) mass is 402 g/mol. The fourth-order valence-corrected chi connectivity index (χ4v) is 4.95. The quantitative estimate of drug-likeness (QED) is 0.410. The molecule has 3 fully saturated rings. The van der Waals surface area contributed by atoms with Gasteiger partial charge in [0.1, 0.15) is 29.9 Å². The summed E-state index contributed by atoms with van der Waals surface area (Å²) in [5.74, 6) is 1.33. The molecule has 2 aliphatic heterocycles. The van der Waals surface area contributed by atoms with E-state index in [9.17, 15) is 20.1 Å². The lowest BCUT2D eigenvalue weighted by Crippen LogP contribution is -2.64. The number of amides is 1. The highest BCUT2D eigenvalue weighted by Crippen LogP contribution is 2.37. The van der Waals surface area contributed by atoms with Crippen molar-refractivity contribution < 1.29 is 24.9 Å². The van der Waals surface area contributed by atoms with Gasteiger partial charge in [0, 0.05) is 0 Å². The normalized spacial score (nSPS) is 40.9. The average molecular weight is 403 g/mol. The summed E-state index contributed by atoms with van der Waals surface area (Å²) in [5.41, 5.74) is -0.640. The lowest BCUT2D eigenvalue weighted by atomic mass is 9.88. The summed E-state index contributed by atoms with van der Waals surface area (Å²) in [5, 5.41) is 37.1. The van der Waals surface area contributed by atoms with Crippen LogP contribution in [0.2, 0.25) is 0 Å². The highest BCUT2D eigenvalue weighted by atomic mass is 32.2. The first-order valence-electron chi connectivity index (χ1n) is 10.1. The molecule has 8 heteroatoms. The Morgan fingerprint density at radius 1 is 1.19 bits per heavy atom. The molecule has 0 radical (unpaired) electrons. The summed E-state index contributed by atoms with van der Waals surface area (Å²) in [6, 6.07) is -0.670. The van der Waals surface area contributed by atoms with Gasteiger partial charge in [-0.25, -0.2) is 0 Å². The summed E-state index contributed by atoms with van der Waals surface area (Å²) >= 11 is 1.28. The van der Waals surface area contributed by atoms with Gasteiger partial charge in [-0.3, -0.25) is 4.79 Å². The largest absolute Gasteiger partial charge is 0.388 e. The van der Waals surface area contributed by atoms with Crippen LogP contribution in [0.3, 0.4) is 0 Å². The zero-order valence-corrected chi connectivity index (χ0v) is 17.2. The topological polar surface area (TPSA) is 111 Å². The molecule has 3 unspecified atom stereocenters. The number of aliphatic hydroxyl groups is 3. The van der Waals surface area contributed by atoms with Crippen LogP contribution in [-0.2, 0) is 9.53 Å². The molecule has 3 rings (SSSR count). The van der Waals surface area contributed by atoms with Crippen molar-refractivity contribution in [2.75, 3.05) is 12.8 Å². The molecular formula is C19H34N2O5S. The Morgan fingerprint density at radius 3 is 2.48 bits per heavy atom. The molecule has 3 aliphatic rings. The second kappa shape index (κ2) is 8.97. The van der Waals surface area contributed by atoms with Gasteiger partial charge in [0.25, 0.3) is 0 Å². The van der Waals surface area contributed by atoms with Crippen LogP contribution in [0.25, 0.3) is 0 Å². The van der Waals surface area contributed by atoms with Crippen LogP contribution in [0.5, 0.6) is 0 Å². The van der Waals surface area contributed by atoms with Crippen LogP contribution in [0.15, 0.2) is 0 Å². The SMILES string of the molecule is CS[C@@H]1O[C@@H](C(NC(=O)C2CC(CC3CC3)CN2)C(C)C)[C@@H](O)[C@@H](O)[C@@H]1O. The number of aliphatic hydroxyl groups excluding tert-OH is 3. The van der Waals surface area contributed by atoms with Crippen LogP contribution >= 0.6 is 11.8 Å². The Bertz CT molecular complexity index is 516. The highest BCUT2D eigenvalue weighted by Gasteiger charge is 2.47. The average Bonchev–Trinajstić information content (AvgIpc) is 3.32. The van der Waals surface area contributed by atoms with Crippen molar-refractivity contribution >= 4 is 17.7 Å². The number of carbonyl (C=O) groups is 1. The van der Waals surface area contributed by atoms with Gasteiger partial charge in [-0.05, 0) is 43.4 Å². The minimum Gasteiger partial charge on any atom is -0.388 e. The number of ether oxygens (including phenoxy) is 1. The Balaban J connectivity index is 1.62. The molecule has 0 aromatic heterocycles. The number of nitrogens with one attached hydrogen (secondary N) is 2. The van der Waals surface area contributed by atoms with E-state index in [1.807, 2.05) is 13.8 Å². The molecule has 5 N–H and O–H groups in total. The molecule has 0 spiro atoms. The molecule has 0 aromatic rings. The molecule has 1 saturated carbocycles. The van der Waals surface area contributed by atoms with Crippen molar-refractivity contribution in [2.24, 2.45) is 17.8 Å². The van der Waals surface area contributed by atoms with Crippen molar-refractivity contribution in [3.05, 3.63) is 0 Å². The summed E-state index contributed by atoms with van der Waals surface area (Å²) in [6.07, 6.45) is 1.99. The third kappa shape index (κ3) is 4.97. The molecule has 1 amide bonds. The van der Waals surface area contributed by atoms with E-state index in [1.54, 1.807) is 6.26 Å². The number of hydrogen-bond acceptors (Lipinski definition) is 7. The van der Waals surface area contributed by atoms with Crippen LogP contribution in [0.4, 0.5) is 0 Å². The predicted octanol–water partition coefficient (Wildman–Crippen LogP) is 0.0760. The first-order chi connectivity index (χ1) is 12.8. The van der Waals surface area contributed by atoms with Crippen molar-refractivity contribution in [1.82, 2.24) is 10.6 Å². The van der Waals surface area contributed by atoms with Crippen LogP contribution in [-0.4, -0.2) is 76.0 Å². The molecular weight excluding hydrogens is 368 g/mol. The van der Waals surface area contributed by atoms with E-state index >= 15 is 0 Å². The first kappa shape index (κ1) is 21.3. The van der Waals surface area contributed by atoms with E-state index < -0.39 is 35.9 Å². The van der Waals surface area contributed by atoms with Gasteiger partial charge in [0.05, 0.1) is 12.1 Å². The predicted molar refractivity (Wildman–Crippen MR) is 104 cm³/mol. The van der Waals surface area contributed by atoms with Crippen LogP contribution in [0, 0.1) is 17.8 Å². The first-order valence-corrected chi connectivity index (χ1v) is 11.4. The van der Waals surface area contributed by atoms with Gasteiger partial charge >= 0.3 is 0 Å². The summed E-state index contributed by atoms with van der Waals surface area (Å²) < 4.78 is 5.87. The van der Waals surface area contributed by atoms with Crippen LogP contribution in [0.1, 0.15) is 39.5 Å². The Morgan fingerprint density at radius 2 is 1.89 bits per heavy atom. The maximum Gasteiger partial charge on any atom is 0.237 e. The van der Waals surface area contributed by atoms with E-state index in [0.29, 0.717) is 5.92 Å². The highest BCUT2D eigenvalue weighted by molar-refractivity contribution is 7.99. The maximum absolute atomic E-state index is 12.8. The minimum atomic E-state index is -1.30. The van der Waals surface area contributed by atoms with Crippen molar-refractivity contribution in [3.63, 3.8) is 0 Å². The van der Waals surface area contributed by atoms with Crippen molar-refractivity contribution in [1.29, 1.82) is 0 Å². The Labute approximate surface area is 165 Å². The lowest BCUT2D eigenvalue weighted by molar-refractivity contribution is -0.208. The molecule has 27 heavy (non-hydrogen) atoms. The molecule has 156 valence electrons. The van der Waals surface area contributed by atoms with Gasteiger partial charge < -0.3 is 30.7 Å². The van der Waals surface area contributed by atoms with E-state index in [-0.39, 0.29) is 17.9 Å². The minimum absolute atomic E-state index is 0.00205. The van der Waals surface area contributed by atoms with Gasteiger partial charge in [-0.2, -0.15) is 0 Å². The smallest absolute Gasteiger partial charge is 0.237 e. The zero-order valence-electron chi connectivity index (χ0n) is 16.4. The van der Waals surface area contributed by atoms with E-state index in [0.717, 1.165) is 18.9 Å². The van der Waals surface area contributed by atoms with E-state index in [1.165, 1.54) is 31.0 Å². The number of rotatable bonds is 7. The van der Waals surface area contributed by atoms with Crippen LogP contribution < -0.4 is 10.6 Å². The molecule has 0 aromatic carbocycles. The van der Waals surface area contributed by atoms with Gasteiger partial charge in [0.15, 0.2) is 0 Å². The van der Waals surface area contributed by atoms with E-state index in [4.69, 9.17) is 4.74 Å². The fourth-order valence-electron chi connectivity index (χ4n) is 4.27. The Hall–Kier alpha value is -0.380. The third-order valence-electron chi connectivity index (χ3n) is 6.12. The standard InChI is InChI=1S/C19H34N2O5S/c1-9(2)13(17-15(23)14(22)16(24)19(26-17)27-3)21-18(25)12-7-11(8-20-12)6-10-4-5-10/h9-17,19-20,22-24H,4-8H2,1-3H3,(H,21,25)/t11?,12?,13?,14-,15+,16+,17+,19+/m1/s1. The van der Waals surface area contributed by atoms with E-state index in [2.05, 4.69) is 10.6 Å². The zero-order chi connectivity index (χ0) is 19.7. The number of hydrogen-bond donors (Lipinski definition) is 5. The van der Waals surface area contributed by atoms with Crippen molar-refractivity contribution in [3.8, 4) is 0 Å². The fraction of sp³-hybridized carbons (Fsp3) is 0.947.